The molecule has 0 aliphatic rings. The van der Waals surface area contributed by atoms with Gasteiger partial charge < -0.3 is 10.3 Å². The van der Waals surface area contributed by atoms with Gasteiger partial charge >= 0.3 is 0 Å². The van der Waals surface area contributed by atoms with Crippen molar-refractivity contribution in [2.75, 3.05) is 0 Å². The second kappa shape index (κ2) is 4.00. The fourth-order valence-corrected chi connectivity index (χ4v) is 1.73. The Bertz CT molecular complexity index is 464. The molecule has 0 amide bonds. The van der Waals surface area contributed by atoms with Gasteiger partial charge in [0.05, 0.1) is 5.69 Å². The number of hydrogen-bond donors (Lipinski definition) is 1. The molecule has 0 fully saturated rings. The molecule has 0 saturated heterocycles. The minimum atomic E-state index is 0.370. The second-order valence-electron chi connectivity index (χ2n) is 3.15. The van der Waals surface area contributed by atoms with Crippen LogP contribution in [0.2, 0.25) is 5.15 Å². The number of imidazole rings is 1. The first-order valence-corrected chi connectivity index (χ1v) is 4.94. The molecule has 0 aliphatic carbocycles. The van der Waals surface area contributed by atoms with Crippen molar-refractivity contribution in [1.82, 2.24) is 14.5 Å². The van der Waals surface area contributed by atoms with Crippen molar-refractivity contribution in [2.24, 2.45) is 12.8 Å². The van der Waals surface area contributed by atoms with Crippen LogP contribution >= 0.6 is 11.6 Å². The highest BCUT2D eigenvalue weighted by molar-refractivity contribution is 6.30. The monoisotopic (exact) mass is 222 g/mol. The molecule has 4 nitrogen and oxygen atoms in total. The normalized spacial score (nSPS) is 10.6. The standard InChI is InChI=1S/C10H11ClN4/c1-15-8(6-12)9(11)14-10(15)7-4-2-3-5-13-7/h2-5H,6,12H2,1H3. The van der Waals surface area contributed by atoms with E-state index < -0.39 is 0 Å². The fourth-order valence-electron chi connectivity index (χ4n) is 1.44. The van der Waals surface area contributed by atoms with Gasteiger partial charge in [-0.2, -0.15) is 0 Å². The van der Waals surface area contributed by atoms with Gasteiger partial charge in [-0.05, 0) is 12.1 Å². The summed E-state index contributed by atoms with van der Waals surface area (Å²) in [5, 5.41) is 0.445. The van der Waals surface area contributed by atoms with Crippen molar-refractivity contribution in [3.63, 3.8) is 0 Å². The lowest BCUT2D eigenvalue weighted by atomic mass is 10.3. The van der Waals surface area contributed by atoms with Gasteiger partial charge in [0.2, 0.25) is 0 Å². The summed E-state index contributed by atoms with van der Waals surface area (Å²) in [5.74, 6) is 0.737. The number of hydrogen-bond acceptors (Lipinski definition) is 3. The van der Waals surface area contributed by atoms with Gasteiger partial charge in [0.15, 0.2) is 11.0 Å². The van der Waals surface area contributed by atoms with E-state index in [9.17, 15) is 0 Å². The zero-order chi connectivity index (χ0) is 10.8. The zero-order valence-electron chi connectivity index (χ0n) is 8.31. The lowest BCUT2D eigenvalue weighted by Crippen LogP contribution is -2.05. The van der Waals surface area contributed by atoms with E-state index in [4.69, 9.17) is 17.3 Å². The van der Waals surface area contributed by atoms with Crippen LogP contribution < -0.4 is 5.73 Å². The molecule has 0 bridgehead atoms. The molecular weight excluding hydrogens is 212 g/mol. The minimum Gasteiger partial charge on any atom is -0.327 e. The molecule has 2 aromatic heterocycles. The average molecular weight is 223 g/mol. The first-order valence-electron chi connectivity index (χ1n) is 4.56. The van der Waals surface area contributed by atoms with Crippen LogP contribution in [0, 0.1) is 0 Å². The second-order valence-corrected chi connectivity index (χ2v) is 3.51. The van der Waals surface area contributed by atoms with Crippen LogP contribution in [0.15, 0.2) is 24.4 Å². The molecule has 0 aromatic carbocycles. The Morgan fingerprint density at radius 1 is 1.47 bits per heavy atom. The Morgan fingerprint density at radius 3 is 2.80 bits per heavy atom. The Labute approximate surface area is 92.7 Å². The van der Waals surface area contributed by atoms with Crippen molar-refractivity contribution in [1.29, 1.82) is 0 Å². The Hall–Kier alpha value is -1.39. The summed E-state index contributed by atoms with van der Waals surface area (Å²) in [6, 6.07) is 5.66. The molecule has 5 heteroatoms. The van der Waals surface area contributed by atoms with Crippen molar-refractivity contribution >= 4 is 11.6 Å². The molecule has 0 radical (unpaired) electrons. The SMILES string of the molecule is Cn1c(-c2ccccn2)nc(Cl)c1CN. The third-order valence-corrected chi connectivity index (χ3v) is 2.55. The molecule has 0 unspecified atom stereocenters. The molecular formula is C10H11ClN4. The summed E-state index contributed by atoms with van der Waals surface area (Å²) < 4.78 is 1.87. The molecule has 2 rings (SSSR count). The lowest BCUT2D eigenvalue weighted by molar-refractivity contribution is 0.825. The topological polar surface area (TPSA) is 56.7 Å². The predicted molar refractivity (Wildman–Crippen MR) is 59.3 cm³/mol. The maximum Gasteiger partial charge on any atom is 0.160 e. The van der Waals surface area contributed by atoms with Gasteiger partial charge in [0.1, 0.15) is 5.69 Å². The predicted octanol–water partition coefficient (Wildman–Crippen LogP) is 1.59. The van der Waals surface area contributed by atoms with Crippen molar-refractivity contribution in [3.8, 4) is 11.5 Å². The highest BCUT2D eigenvalue weighted by atomic mass is 35.5. The highest BCUT2D eigenvalue weighted by Crippen LogP contribution is 2.22. The zero-order valence-corrected chi connectivity index (χ0v) is 9.07. The summed E-state index contributed by atoms with van der Waals surface area (Å²) >= 11 is 5.96. The Kier molecular flexibility index (Phi) is 2.70. The summed E-state index contributed by atoms with van der Waals surface area (Å²) in [4.78, 5) is 8.45. The van der Waals surface area contributed by atoms with E-state index in [2.05, 4.69) is 9.97 Å². The molecule has 0 spiro atoms. The summed E-state index contributed by atoms with van der Waals surface area (Å²) in [6.07, 6.45) is 1.72. The van der Waals surface area contributed by atoms with Gasteiger partial charge in [0, 0.05) is 19.8 Å². The minimum absolute atomic E-state index is 0.370. The number of rotatable bonds is 2. The van der Waals surface area contributed by atoms with E-state index in [-0.39, 0.29) is 0 Å². The van der Waals surface area contributed by atoms with Crippen molar-refractivity contribution in [2.45, 2.75) is 6.54 Å². The molecule has 0 saturated carbocycles. The Balaban J connectivity index is 2.55. The number of nitrogens with zero attached hydrogens (tertiary/aromatic N) is 3. The first-order chi connectivity index (χ1) is 7.24. The van der Waals surface area contributed by atoms with Crippen LogP contribution in [0.5, 0.6) is 0 Å². The smallest absolute Gasteiger partial charge is 0.160 e. The van der Waals surface area contributed by atoms with Crippen molar-refractivity contribution < 1.29 is 0 Å². The molecule has 2 aromatic rings. The number of aromatic nitrogens is 3. The van der Waals surface area contributed by atoms with E-state index in [1.54, 1.807) is 6.20 Å². The number of pyridine rings is 1. The molecule has 0 atom stereocenters. The molecule has 0 aliphatic heterocycles. The first kappa shape index (κ1) is 10.1. The van der Waals surface area contributed by atoms with Crippen LogP contribution in [0.25, 0.3) is 11.5 Å². The molecule has 2 N–H and O–H groups in total. The van der Waals surface area contributed by atoms with E-state index in [0.717, 1.165) is 17.2 Å². The average Bonchev–Trinajstić information content (AvgIpc) is 2.55. The van der Waals surface area contributed by atoms with Crippen LogP contribution in [0.3, 0.4) is 0 Å². The summed E-state index contributed by atoms with van der Waals surface area (Å²) in [6.45, 7) is 0.370. The third kappa shape index (κ3) is 1.73. The molecule has 15 heavy (non-hydrogen) atoms. The quantitative estimate of drug-likeness (QED) is 0.840. The van der Waals surface area contributed by atoms with Gasteiger partial charge in [0.25, 0.3) is 0 Å². The van der Waals surface area contributed by atoms with E-state index in [0.29, 0.717) is 11.7 Å². The highest BCUT2D eigenvalue weighted by Gasteiger charge is 2.13. The van der Waals surface area contributed by atoms with Gasteiger partial charge in [-0.1, -0.05) is 17.7 Å². The van der Waals surface area contributed by atoms with Crippen LogP contribution in [0.1, 0.15) is 5.69 Å². The molecule has 2 heterocycles. The third-order valence-electron chi connectivity index (χ3n) is 2.25. The summed E-state index contributed by atoms with van der Waals surface area (Å²) in [5.41, 5.74) is 7.19. The van der Waals surface area contributed by atoms with Gasteiger partial charge in [-0.3, -0.25) is 4.98 Å². The van der Waals surface area contributed by atoms with Crippen LogP contribution in [-0.2, 0) is 13.6 Å². The van der Waals surface area contributed by atoms with E-state index >= 15 is 0 Å². The summed E-state index contributed by atoms with van der Waals surface area (Å²) in [7, 11) is 1.88. The largest absolute Gasteiger partial charge is 0.327 e. The maximum atomic E-state index is 5.96. The van der Waals surface area contributed by atoms with Gasteiger partial charge in [-0.25, -0.2) is 4.98 Å². The Morgan fingerprint density at radius 2 is 2.27 bits per heavy atom. The van der Waals surface area contributed by atoms with Crippen LogP contribution in [0.4, 0.5) is 0 Å². The fraction of sp³-hybridized carbons (Fsp3) is 0.200. The lowest BCUT2D eigenvalue weighted by Gasteiger charge is -2.02. The number of halogens is 1. The molecule has 78 valence electrons. The maximum absolute atomic E-state index is 5.96. The van der Waals surface area contributed by atoms with Gasteiger partial charge in [-0.15, -0.1) is 0 Å². The van der Waals surface area contributed by atoms with E-state index in [1.165, 1.54) is 0 Å². The van der Waals surface area contributed by atoms with E-state index in [1.807, 2.05) is 29.8 Å². The van der Waals surface area contributed by atoms with Crippen LogP contribution in [-0.4, -0.2) is 14.5 Å². The van der Waals surface area contributed by atoms with Crippen molar-refractivity contribution in [3.05, 3.63) is 35.2 Å². The number of nitrogens with two attached hydrogens (primary N) is 1.